The maximum absolute atomic E-state index is 12.3. The molecular formula is C19H25N3O. The van der Waals surface area contributed by atoms with E-state index < -0.39 is 0 Å². The first kappa shape index (κ1) is 15.8. The lowest BCUT2D eigenvalue weighted by Crippen LogP contribution is -2.47. The second-order valence-electron chi connectivity index (χ2n) is 6.87. The van der Waals surface area contributed by atoms with Gasteiger partial charge >= 0.3 is 0 Å². The van der Waals surface area contributed by atoms with Crippen molar-refractivity contribution in [1.29, 1.82) is 0 Å². The Bertz CT molecular complexity index is 664. The Balaban J connectivity index is 1.61. The zero-order valence-corrected chi connectivity index (χ0v) is 14.0. The number of aryl methyl sites for hydroxylation is 2. The molecule has 1 atom stereocenters. The van der Waals surface area contributed by atoms with Gasteiger partial charge in [-0.2, -0.15) is 5.10 Å². The van der Waals surface area contributed by atoms with E-state index in [1.165, 1.54) is 11.1 Å². The topological polar surface area (TPSA) is 38.1 Å². The number of likely N-dealkylation sites (tertiary alicyclic amines) is 1. The highest BCUT2D eigenvalue weighted by atomic mass is 16.2. The molecule has 1 fully saturated rings. The van der Waals surface area contributed by atoms with E-state index >= 15 is 0 Å². The number of benzene rings is 1. The fourth-order valence-electron chi connectivity index (χ4n) is 3.48. The highest BCUT2D eigenvalue weighted by Gasteiger charge is 2.35. The third-order valence-electron chi connectivity index (χ3n) is 4.91. The van der Waals surface area contributed by atoms with Crippen LogP contribution in [0.25, 0.3) is 0 Å². The van der Waals surface area contributed by atoms with Crippen molar-refractivity contribution in [3.63, 3.8) is 0 Å². The number of hydrogen-bond acceptors (Lipinski definition) is 2. The molecule has 2 aromatic rings. The third kappa shape index (κ3) is 3.63. The molecule has 0 bridgehead atoms. The molecule has 0 aliphatic carbocycles. The van der Waals surface area contributed by atoms with Gasteiger partial charge in [0.1, 0.15) is 0 Å². The normalized spacial score (nSPS) is 21.7. The molecule has 1 unspecified atom stereocenters. The van der Waals surface area contributed by atoms with E-state index in [2.05, 4.69) is 36.3 Å². The van der Waals surface area contributed by atoms with Crippen LogP contribution in [0.3, 0.4) is 0 Å². The minimum atomic E-state index is 0.0729. The fourth-order valence-corrected chi connectivity index (χ4v) is 3.48. The summed E-state index contributed by atoms with van der Waals surface area (Å²) in [4.78, 5) is 14.3. The summed E-state index contributed by atoms with van der Waals surface area (Å²) in [5, 5.41) is 4.20. The summed E-state index contributed by atoms with van der Waals surface area (Å²) in [6, 6.07) is 10.6. The van der Waals surface area contributed by atoms with Crippen molar-refractivity contribution >= 4 is 5.91 Å². The Morgan fingerprint density at radius 1 is 1.26 bits per heavy atom. The number of aromatic nitrogens is 2. The number of carbonyl (C=O) groups is 1. The van der Waals surface area contributed by atoms with Crippen LogP contribution in [0.15, 0.2) is 42.7 Å². The molecule has 1 aromatic carbocycles. The highest BCUT2D eigenvalue weighted by molar-refractivity contribution is 5.77. The minimum absolute atomic E-state index is 0.0729. The Kier molecular flexibility index (Phi) is 4.51. The van der Waals surface area contributed by atoms with Crippen LogP contribution in [-0.2, 0) is 23.7 Å². The smallest absolute Gasteiger partial charge is 0.222 e. The Labute approximate surface area is 138 Å². The summed E-state index contributed by atoms with van der Waals surface area (Å²) in [6.45, 7) is 3.93. The number of hydrogen-bond donors (Lipinski definition) is 0. The van der Waals surface area contributed by atoms with E-state index in [0.717, 1.165) is 32.4 Å². The molecule has 0 radical (unpaired) electrons. The van der Waals surface area contributed by atoms with Crippen LogP contribution in [0.1, 0.15) is 37.3 Å². The van der Waals surface area contributed by atoms with Gasteiger partial charge in [0, 0.05) is 38.2 Å². The minimum Gasteiger partial charge on any atom is -0.342 e. The lowest BCUT2D eigenvalue weighted by atomic mass is 9.75. The second kappa shape index (κ2) is 6.57. The van der Waals surface area contributed by atoms with Gasteiger partial charge in [0.2, 0.25) is 5.91 Å². The van der Waals surface area contributed by atoms with Gasteiger partial charge < -0.3 is 4.90 Å². The van der Waals surface area contributed by atoms with Crippen molar-refractivity contribution in [2.45, 2.75) is 38.0 Å². The van der Waals surface area contributed by atoms with E-state index in [9.17, 15) is 4.79 Å². The van der Waals surface area contributed by atoms with Crippen LogP contribution in [0, 0.1) is 0 Å². The van der Waals surface area contributed by atoms with Crippen LogP contribution >= 0.6 is 0 Å². The first-order valence-corrected chi connectivity index (χ1v) is 8.38. The first-order valence-electron chi connectivity index (χ1n) is 8.38. The molecule has 23 heavy (non-hydrogen) atoms. The van der Waals surface area contributed by atoms with E-state index in [1.54, 1.807) is 0 Å². The maximum atomic E-state index is 12.3. The van der Waals surface area contributed by atoms with Gasteiger partial charge in [0.25, 0.3) is 0 Å². The van der Waals surface area contributed by atoms with Gasteiger partial charge in [-0.3, -0.25) is 9.48 Å². The van der Waals surface area contributed by atoms with Crippen LogP contribution in [-0.4, -0.2) is 33.7 Å². The summed E-state index contributed by atoms with van der Waals surface area (Å²) in [7, 11) is 1.93. The Morgan fingerprint density at radius 2 is 2.04 bits per heavy atom. The number of nitrogens with zero attached hydrogens (tertiary/aromatic N) is 3. The van der Waals surface area contributed by atoms with Gasteiger partial charge in [-0.25, -0.2) is 0 Å². The van der Waals surface area contributed by atoms with E-state index in [4.69, 9.17) is 0 Å². The lowest BCUT2D eigenvalue weighted by molar-refractivity contribution is -0.135. The number of piperidine rings is 1. The zero-order valence-electron chi connectivity index (χ0n) is 14.0. The molecule has 0 spiro atoms. The largest absolute Gasteiger partial charge is 0.342 e. The molecule has 1 aromatic heterocycles. The van der Waals surface area contributed by atoms with Crippen molar-refractivity contribution in [2.24, 2.45) is 7.05 Å². The molecule has 3 rings (SSSR count). The second-order valence-corrected chi connectivity index (χ2v) is 6.87. The van der Waals surface area contributed by atoms with Crippen molar-refractivity contribution in [2.75, 3.05) is 13.1 Å². The quantitative estimate of drug-likeness (QED) is 0.851. The number of amides is 1. The molecule has 4 nitrogen and oxygen atoms in total. The van der Waals surface area contributed by atoms with Gasteiger partial charge in [-0.1, -0.05) is 37.3 Å². The molecule has 1 aliphatic heterocycles. The van der Waals surface area contributed by atoms with Crippen molar-refractivity contribution in [3.8, 4) is 0 Å². The molecule has 1 saturated heterocycles. The lowest BCUT2D eigenvalue weighted by Gasteiger charge is -2.40. The molecule has 2 heterocycles. The van der Waals surface area contributed by atoms with Crippen LogP contribution < -0.4 is 0 Å². The number of rotatable bonds is 5. The molecule has 4 heteroatoms. The summed E-state index contributed by atoms with van der Waals surface area (Å²) in [5.41, 5.74) is 2.65. The molecule has 0 N–H and O–H groups in total. The zero-order chi connectivity index (χ0) is 16.3. The molecule has 0 saturated carbocycles. The summed E-state index contributed by atoms with van der Waals surface area (Å²) in [6.07, 6.45) is 7.51. The summed E-state index contributed by atoms with van der Waals surface area (Å²) < 4.78 is 1.83. The van der Waals surface area contributed by atoms with Gasteiger partial charge in [0.15, 0.2) is 0 Å². The van der Waals surface area contributed by atoms with Crippen molar-refractivity contribution < 1.29 is 4.79 Å². The number of carbonyl (C=O) groups excluding carboxylic acids is 1. The average molecular weight is 311 g/mol. The molecule has 1 aliphatic rings. The van der Waals surface area contributed by atoms with E-state index in [0.29, 0.717) is 12.3 Å². The predicted molar refractivity (Wildman–Crippen MR) is 91.1 cm³/mol. The Hall–Kier alpha value is -2.10. The molecule has 122 valence electrons. The fraction of sp³-hybridized carbons (Fsp3) is 0.474. The SMILES string of the molecule is Cn1cc(CCCN2CC(C)(c3ccccc3)CCC2=O)cn1. The third-order valence-corrected chi connectivity index (χ3v) is 4.91. The monoisotopic (exact) mass is 311 g/mol. The van der Waals surface area contributed by atoms with Crippen LogP contribution in [0.5, 0.6) is 0 Å². The predicted octanol–water partition coefficient (Wildman–Crippen LogP) is 2.93. The Morgan fingerprint density at radius 3 is 2.74 bits per heavy atom. The molecule has 1 amide bonds. The average Bonchev–Trinajstić information content (AvgIpc) is 2.97. The van der Waals surface area contributed by atoms with E-state index in [-0.39, 0.29) is 5.41 Å². The first-order chi connectivity index (χ1) is 11.1. The van der Waals surface area contributed by atoms with Gasteiger partial charge in [-0.05, 0) is 30.4 Å². The molecular weight excluding hydrogens is 286 g/mol. The van der Waals surface area contributed by atoms with Crippen molar-refractivity contribution in [1.82, 2.24) is 14.7 Å². The van der Waals surface area contributed by atoms with Gasteiger partial charge in [-0.15, -0.1) is 0 Å². The van der Waals surface area contributed by atoms with Crippen LogP contribution in [0.4, 0.5) is 0 Å². The van der Waals surface area contributed by atoms with Crippen molar-refractivity contribution in [3.05, 3.63) is 53.9 Å². The van der Waals surface area contributed by atoms with E-state index in [1.807, 2.05) is 35.1 Å². The van der Waals surface area contributed by atoms with Crippen LogP contribution in [0.2, 0.25) is 0 Å². The summed E-state index contributed by atoms with van der Waals surface area (Å²) in [5.74, 6) is 0.296. The standard InChI is InChI=1S/C19H25N3O/c1-19(17-8-4-3-5-9-17)11-10-18(23)22(15-19)12-6-7-16-13-20-21(2)14-16/h3-5,8-9,13-14H,6-7,10-12,15H2,1-2H3. The van der Waals surface area contributed by atoms with Gasteiger partial charge in [0.05, 0.1) is 6.20 Å². The highest BCUT2D eigenvalue weighted by Crippen LogP contribution is 2.34. The summed E-state index contributed by atoms with van der Waals surface area (Å²) >= 11 is 0. The maximum Gasteiger partial charge on any atom is 0.222 e.